The summed E-state index contributed by atoms with van der Waals surface area (Å²) in [6, 6.07) is 1.26. The Hall–Kier alpha value is -5.20. The SMILES string of the molecule is CO[C@H]1/C=C/O[C@@]2(C)Oc3c(C)c(O)c4c(O)c(cc(OCC(=O)N(C)N5CCOCC5)c4c3C2=O)NC(=O)/C(C)=C\C=C\[C@@H](C)[C@@H](O)[C@@H](C)[C@H](O)[C@@H](C)[C@H](OC(C)=O)[C@@H]1C. The molecular weight excluding hydrogens is 794 g/mol. The van der Waals surface area contributed by atoms with Crippen molar-refractivity contribution in [1.29, 1.82) is 0 Å². The number of phenols is 2. The molecule has 0 unspecified atom stereocenters. The number of nitrogens with one attached hydrogen (secondary N) is 1. The summed E-state index contributed by atoms with van der Waals surface area (Å²) in [7, 11) is 3.02. The summed E-state index contributed by atoms with van der Waals surface area (Å²) in [5.41, 5.74) is -0.0578. The highest BCUT2D eigenvalue weighted by atomic mass is 16.7. The van der Waals surface area contributed by atoms with E-state index in [4.69, 9.17) is 28.4 Å². The molecule has 6 rings (SSSR count). The van der Waals surface area contributed by atoms with Gasteiger partial charge >= 0.3 is 11.8 Å². The number of ether oxygens (including phenoxy) is 6. The second-order valence-corrected chi connectivity index (χ2v) is 16.2. The van der Waals surface area contributed by atoms with E-state index in [1.807, 2.05) is 0 Å². The van der Waals surface area contributed by atoms with E-state index in [0.29, 0.717) is 26.3 Å². The summed E-state index contributed by atoms with van der Waals surface area (Å²) in [6.45, 7) is 13.8. The fourth-order valence-electron chi connectivity index (χ4n) is 7.99. The summed E-state index contributed by atoms with van der Waals surface area (Å²) in [6.07, 6.45) is 3.55. The third-order valence-corrected chi connectivity index (χ3v) is 11.9. The minimum Gasteiger partial charge on any atom is -0.507 e. The highest BCUT2D eigenvalue weighted by Crippen LogP contribution is 2.54. The second kappa shape index (κ2) is 19.2. The van der Waals surface area contributed by atoms with Crippen LogP contribution >= 0.6 is 0 Å². The zero-order valence-electron chi connectivity index (χ0n) is 36.4. The summed E-state index contributed by atoms with van der Waals surface area (Å²) in [5.74, 6) is -8.24. The number of carbonyl (C=O) groups is 4. The molecule has 4 heterocycles. The van der Waals surface area contributed by atoms with E-state index in [9.17, 15) is 39.6 Å². The van der Waals surface area contributed by atoms with Crippen molar-refractivity contribution in [3.05, 3.63) is 53.3 Å². The first-order valence-corrected chi connectivity index (χ1v) is 20.3. The average Bonchev–Trinajstić information content (AvgIpc) is 3.50. The Kier molecular flexibility index (Phi) is 14.8. The predicted molar refractivity (Wildman–Crippen MR) is 223 cm³/mol. The van der Waals surface area contributed by atoms with Crippen molar-refractivity contribution in [2.24, 2.45) is 23.7 Å². The number of morpholine rings is 1. The molecule has 61 heavy (non-hydrogen) atoms. The lowest BCUT2D eigenvalue weighted by Crippen LogP contribution is -2.50. The molecule has 334 valence electrons. The van der Waals surface area contributed by atoms with Crippen molar-refractivity contribution in [2.45, 2.75) is 85.6 Å². The number of carbonyl (C=O) groups excluding carboxylic acids is 4. The highest BCUT2D eigenvalue weighted by Gasteiger charge is 2.50. The lowest BCUT2D eigenvalue weighted by molar-refractivity contribution is -0.160. The number of hydrazine groups is 1. The summed E-state index contributed by atoms with van der Waals surface area (Å²) in [5, 5.41) is 51.7. The van der Waals surface area contributed by atoms with Gasteiger partial charge in [-0.1, -0.05) is 45.9 Å². The van der Waals surface area contributed by atoms with Crippen LogP contribution in [0.3, 0.4) is 0 Å². The van der Waals surface area contributed by atoms with Crippen LogP contribution in [0.1, 0.15) is 64.4 Å². The number of methoxy groups -OCH3 is 1. The molecule has 0 saturated carbocycles. The number of anilines is 1. The Morgan fingerprint density at radius 1 is 0.984 bits per heavy atom. The standard InChI is InChI=1S/C44H59N3O14/c1-22-12-11-13-23(2)43(55)45-29-20-31(58-21-32(49)46(9)47-15-18-57-19-16-47)33-34(39(29)53)38(52)27(6)41-35(33)42(54)44(8,61-41)59-17-14-30(56-10)24(3)40(60-28(7)48)26(5)37(51)25(4)36(22)50/h11-14,17,20,22,24-26,30,36-37,40,50-53H,15-16,18-19,21H2,1-10H3,(H,45,55)/b12-11+,17-14+,23-13-/t22-,24-,25-,26-,30+,36-,37+,40-,44+/m1/s1. The van der Waals surface area contributed by atoms with Gasteiger partial charge < -0.3 is 54.2 Å². The molecule has 2 aromatic carbocycles. The van der Waals surface area contributed by atoms with Gasteiger partial charge in [0.25, 0.3) is 17.6 Å². The van der Waals surface area contributed by atoms with E-state index in [1.54, 1.807) is 51.9 Å². The molecule has 1 fully saturated rings. The lowest BCUT2D eigenvalue weighted by Gasteiger charge is -2.38. The van der Waals surface area contributed by atoms with Crippen LogP contribution in [-0.2, 0) is 33.3 Å². The number of aromatic hydroxyl groups is 2. The number of phenolic OH excluding ortho intramolecular Hbond substituents is 2. The minimum atomic E-state index is -2.04. The molecular formula is C44H59N3O14. The van der Waals surface area contributed by atoms with Gasteiger partial charge in [0.05, 0.1) is 54.4 Å². The van der Waals surface area contributed by atoms with Crippen molar-refractivity contribution in [2.75, 3.05) is 52.4 Å². The number of hydrogen-bond donors (Lipinski definition) is 5. The number of ketones is 1. The highest BCUT2D eigenvalue weighted by molar-refractivity contribution is 6.21. The lowest BCUT2D eigenvalue weighted by atomic mass is 9.78. The van der Waals surface area contributed by atoms with Crippen molar-refractivity contribution in [3.63, 3.8) is 0 Å². The number of aliphatic hydroxyl groups excluding tert-OH is 2. The number of rotatable bonds is 6. The number of esters is 1. The molecule has 2 aromatic rings. The van der Waals surface area contributed by atoms with Crippen LogP contribution in [0.5, 0.6) is 23.0 Å². The summed E-state index contributed by atoms with van der Waals surface area (Å²) < 4.78 is 35.2. The first kappa shape index (κ1) is 46.9. The largest absolute Gasteiger partial charge is 0.507 e. The van der Waals surface area contributed by atoms with Gasteiger partial charge in [-0.15, -0.1) is 0 Å². The quantitative estimate of drug-likeness (QED) is 0.204. The molecule has 17 heteroatoms. The van der Waals surface area contributed by atoms with E-state index in [1.165, 1.54) is 64.3 Å². The molecule has 17 nitrogen and oxygen atoms in total. The number of allylic oxidation sites excluding steroid dienone is 2. The summed E-state index contributed by atoms with van der Waals surface area (Å²) in [4.78, 5) is 53.9. The summed E-state index contributed by atoms with van der Waals surface area (Å²) >= 11 is 0. The van der Waals surface area contributed by atoms with Gasteiger partial charge in [0.1, 0.15) is 23.4 Å². The zero-order valence-corrected chi connectivity index (χ0v) is 36.4. The molecule has 2 amide bonds. The Morgan fingerprint density at radius 3 is 2.30 bits per heavy atom. The third-order valence-electron chi connectivity index (χ3n) is 11.9. The van der Waals surface area contributed by atoms with Gasteiger partial charge in [0.2, 0.25) is 0 Å². The average molecular weight is 854 g/mol. The maximum atomic E-state index is 14.5. The van der Waals surface area contributed by atoms with Crippen LogP contribution in [0, 0.1) is 30.6 Å². The third kappa shape index (κ3) is 9.65. The van der Waals surface area contributed by atoms with E-state index in [-0.39, 0.29) is 44.7 Å². The number of aliphatic hydroxyl groups is 2. The molecule has 9 atom stereocenters. The van der Waals surface area contributed by atoms with Crippen molar-refractivity contribution >= 4 is 40.0 Å². The first-order chi connectivity index (χ1) is 28.7. The molecule has 4 aliphatic heterocycles. The Labute approximate surface area is 355 Å². The number of hydrogen-bond acceptors (Lipinski definition) is 15. The Morgan fingerprint density at radius 2 is 1.66 bits per heavy atom. The van der Waals surface area contributed by atoms with Crippen LogP contribution in [-0.4, -0.2) is 131 Å². The fourth-order valence-corrected chi connectivity index (χ4v) is 7.99. The van der Waals surface area contributed by atoms with Gasteiger partial charge in [-0.3, -0.25) is 24.2 Å². The number of fused-ring (bicyclic) bond motifs is 14. The maximum Gasteiger partial charge on any atom is 0.312 e. The van der Waals surface area contributed by atoms with E-state index in [0.717, 1.165) is 0 Å². The minimum absolute atomic E-state index is 0.0671. The number of Topliss-reactive ketones (excluding diaryl/α,β-unsaturated/α-hetero) is 1. The molecule has 5 N–H and O–H groups in total. The molecule has 1 saturated heterocycles. The van der Waals surface area contributed by atoms with Crippen LogP contribution < -0.4 is 14.8 Å². The molecule has 0 aliphatic carbocycles. The molecule has 0 spiro atoms. The van der Waals surface area contributed by atoms with E-state index >= 15 is 0 Å². The van der Waals surface area contributed by atoms with Gasteiger partial charge in [0, 0.05) is 87.4 Å². The van der Waals surface area contributed by atoms with Crippen LogP contribution in [0.2, 0.25) is 0 Å². The van der Waals surface area contributed by atoms with Crippen molar-refractivity contribution in [1.82, 2.24) is 10.0 Å². The maximum absolute atomic E-state index is 14.5. The van der Waals surface area contributed by atoms with Crippen molar-refractivity contribution < 1.29 is 68.0 Å². The normalized spacial score (nSPS) is 31.0. The smallest absolute Gasteiger partial charge is 0.312 e. The van der Waals surface area contributed by atoms with Gasteiger partial charge in [-0.05, 0) is 19.9 Å². The second-order valence-electron chi connectivity index (χ2n) is 16.2. The van der Waals surface area contributed by atoms with Gasteiger partial charge in [-0.25, -0.2) is 5.01 Å². The number of benzene rings is 2. The molecule has 5 bridgehead atoms. The predicted octanol–water partition coefficient (Wildman–Crippen LogP) is 4.13. The number of nitrogens with zero attached hydrogens (tertiary/aromatic N) is 2. The molecule has 4 aliphatic rings. The van der Waals surface area contributed by atoms with Gasteiger partial charge in [-0.2, -0.15) is 0 Å². The molecule has 0 aromatic heterocycles. The van der Waals surface area contributed by atoms with Crippen LogP contribution in [0.15, 0.2) is 42.2 Å². The number of amides is 2. The van der Waals surface area contributed by atoms with E-state index in [2.05, 4.69) is 5.32 Å². The molecule has 0 radical (unpaired) electrons. The topological polar surface area (TPSA) is 223 Å². The van der Waals surface area contributed by atoms with Crippen LogP contribution in [0.4, 0.5) is 5.69 Å². The van der Waals surface area contributed by atoms with E-state index < -0.39 is 95.5 Å². The Balaban J connectivity index is 1.65. The van der Waals surface area contributed by atoms with Gasteiger partial charge in [0.15, 0.2) is 12.4 Å². The van der Waals surface area contributed by atoms with Crippen LogP contribution in [0.25, 0.3) is 10.8 Å². The number of likely N-dealkylation sites (N-methyl/N-ethyl adjacent to an activating group) is 1. The fraction of sp³-hybridized carbons (Fsp3) is 0.545. The van der Waals surface area contributed by atoms with Crippen molar-refractivity contribution in [3.8, 4) is 23.0 Å². The first-order valence-electron chi connectivity index (χ1n) is 20.3. The Bertz CT molecular complexity index is 2090. The zero-order chi connectivity index (χ0) is 45.1. The monoisotopic (exact) mass is 853 g/mol.